The number of pyridine rings is 2. The van der Waals surface area contributed by atoms with Gasteiger partial charge >= 0.3 is 0 Å². The van der Waals surface area contributed by atoms with E-state index in [-0.39, 0.29) is 5.92 Å². The van der Waals surface area contributed by atoms with Gasteiger partial charge in [-0.25, -0.2) is 0 Å². The Bertz CT molecular complexity index is 939. The monoisotopic (exact) mass is 404 g/mol. The minimum atomic E-state index is 0.182. The second kappa shape index (κ2) is 8.62. The van der Waals surface area contributed by atoms with Crippen LogP contribution in [-0.2, 0) is 0 Å². The summed E-state index contributed by atoms with van der Waals surface area (Å²) in [5.74, 6) is 1.85. The zero-order valence-corrected chi connectivity index (χ0v) is 17.4. The molecule has 0 aromatic carbocycles. The summed E-state index contributed by atoms with van der Waals surface area (Å²) in [5.41, 5.74) is 2.18. The average molecular weight is 405 g/mol. The van der Waals surface area contributed by atoms with Gasteiger partial charge in [0.2, 0.25) is 11.7 Å². The lowest BCUT2D eigenvalue weighted by Gasteiger charge is -2.36. The van der Waals surface area contributed by atoms with Crippen molar-refractivity contribution >= 4 is 0 Å². The predicted octanol–water partition coefficient (Wildman–Crippen LogP) is 3.19. The van der Waals surface area contributed by atoms with E-state index in [0.29, 0.717) is 17.8 Å². The van der Waals surface area contributed by atoms with Crippen molar-refractivity contribution in [3.63, 3.8) is 0 Å². The molecule has 30 heavy (non-hydrogen) atoms. The van der Waals surface area contributed by atoms with E-state index in [0.717, 1.165) is 31.1 Å². The van der Waals surface area contributed by atoms with Crippen LogP contribution in [0.5, 0.6) is 0 Å². The lowest BCUT2D eigenvalue weighted by atomic mass is 9.90. The molecule has 0 radical (unpaired) electrons. The lowest BCUT2D eigenvalue weighted by molar-refractivity contribution is 0.128. The number of hydrogen-bond donors (Lipinski definition) is 0. The maximum absolute atomic E-state index is 5.79. The van der Waals surface area contributed by atoms with E-state index >= 15 is 0 Å². The Balaban J connectivity index is 1.40. The molecule has 0 saturated carbocycles. The highest BCUT2D eigenvalue weighted by Gasteiger charge is 2.41. The Morgan fingerprint density at radius 2 is 1.80 bits per heavy atom. The second-order valence-corrected chi connectivity index (χ2v) is 8.31. The summed E-state index contributed by atoms with van der Waals surface area (Å²) in [7, 11) is 0. The van der Waals surface area contributed by atoms with E-state index in [4.69, 9.17) is 9.51 Å². The number of likely N-dealkylation sites (tertiary alicyclic amines) is 2. The minimum absolute atomic E-state index is 0.182. The molecule has 0 N–H and O–H groups in total. The topological polar surface area (TPSA) is 71.2 Å². The predicted molar refractivity (Wildman–Crippen MR) is 114 cm³/mol. The first kappa shape index (κ1) is 19.3. The van der Waals surface area contributed by atoms with Gasteiger partial charge < -0.3 is 9.42 Å². The number of piperidine rings is 1. The van der Waals surface area contributed by atoms with Gasteiger partial charge in [-0.2, -0.15) is 4.98 Å². The molecule has 2 saturated heterocycles. The first-order chi connectivity index (χ1) is 14.8. The molecule has 7 nitrogen and oxygen atoms in total. The summed E-state index contributed by atoms with van der Waals surface area (Å²) in [5, 5.41) is 4.26. The molecular weight excluding hydrogens is 376 g/mol. The quantitative estimate of drug-likeness (QED) is 0.647. The van der Waals surface area contributed by atoms with Crippen molar-refractivity contribution in [3.8, 4) is 11.4 Å². The number of rotatable bonds is 5. The molecule has 5 rings (SSSR count). The van der Waals surface area contributed by atoms with Crippen LogP contribution < -0.4 is 0 Å². The van der Waals surface area contributed by atoms with Crippen LogP contribution in [0, 0.1) is 0 Å². The van der Waals surface area contributed by atoms with Crippen LogP contribution in [0.1, 0.15) is 43.1 Å². The van der Waals surface area contributed by atoms with Crippen molar-refractivity contribution in [3.05, 3.63) is 60.5 Å². The zero-order chi connectivity index (χ0) is 20.3. The van der Waals surface area contributed by atoms with Gasteiger partial charge in [0.1, 0.15) is 0 Å². The third-order valence-corrected chi connectivity index (χ3v) is 6.68. The van der Waals surface area contributed by atoms with E-state index in [9.17, 15) is 0 Å². The molecule has 0 aliphatic carbocycles. The van der Waals surface area contributed by atoms with E-state index in [1.165, 1.54) is 31.5 Å². The van der Waals surface area contributed by atoms with Gasteiger partial charge in [-0.05, 0) is 56.2 Å². The molecule has 2 aliphatic rings. The molecule has 0 unspecified atom stereocenters. The molecule has 0 spiro atoms. The van der Waals surface area contributed by atoms with Gasteiger partial charge in [-0.1, -0.05) is 18.1 Å². The Morgan fingerprint density at radius 3 is 2.53 bits per heavy atom. The zero-order valence-electron chi connectivity index (χ0n) is 17.4. The van der Waals surface area contributed by atoms with Crippen LogP contribution in [-0.4, -0.2) is 68.7 Å². The molecule has 0 amide bonds. The Morgan fingerprint density at radius 1 is 1.00 bits per heavy atom. The summed E-state index contributed by atoms with van der Waals surface area (Å²) < 4.78 is 5.79. The first-order valence-corrected chi connectivity index (χ1v) is 10.9. The maximum Gasteiger partial charge on any atom is 0.232 e. The molecular formula is C23H28N6O. The molecule has 2 aliphatic heterocycles. The van der Waals surface area contributed by atoms with Crippen LogP contribution in [0.2, 0.25) is 0 Å². The summed E-state index contributed by atoms with van der Waals surface area (Å²) >= 11 is 0. The van der Waals surface area contributed by atoms with Crippen LogP contribution >= 0.6 is 0 Å². The van der Waals surface area contributed by atoms with Crippen LogP contribution in [0.3, 0.4) is 0 Å². The van der Waals surface area contributed by atoms with E-state index in [1.807, 2.05) is 30.6 Å². The third-order valence-electron chi connectivity index (χ3n) is 6.68. The average Bonchev–Trinajstić information content (AvgIpc) is 3.48. The fourth-order valence-electron chi connectivity index (χ4n) is 4.92. The molecule has 2 fully saturated rings. The fourth-order valence-corrected chi connectivity index (χ4v) is 4.92. The van der Waals surface area contributed by atoms with Crippen molar-refractivity contribution in [2.45, 2.75) is 37.6 Å². The smallest absolute Gasteiger partial charge is 0.232 e. The summed E-state index contributed by atoms with van der Waals surface area (Å²) in [6, 6.07) is 8.64. The highest BCUT2D eigenvalue weighted by atomic mass is 16.5. The van der Waals surface area contributed by atoms with E-state index in [1.54, 1.807) is 12.4 Å². The largest absolute Gasteiger partial charge is 0.339 e. The molecule has 2 atom stereocenters. The van der Waals surface area contributed by atoms with E-state index in [2.05, 4.69) is 37.9 Å². The highest BCUT2D eigenvalue weighted by Crippen LogP contribution is 2.41. The van der Waals surface area contributed by atoms with Crippen molar-refractivity contribution < 1.29 is 4.52 Å². The van der Waals surface area contributed by atoms with Gasteiger partial charge in [-0.3, -0.25) is 14.9 Å². The lowest BCUT2D eigenvalue weighted by Crippen LogP contribution is -2.44. The van der Waals surface area contributed by atoms with Gasteiger partial charge in [0.05, 0.1) is 5.92 Å². The maximum atomic E-state index is 5.79. The van der Waals surface area contributed by atoms with Gasteiger partial charge in [0, 0.05) is 55.4 Å². The highest BCUT2D eigenvalue weighted by molar-refractivity contribution is 5.52. The summed E-state index contributed by atoms with van der Waals surface area (Å²) in [6.07, 6.45) is 9.79. The summed E-state index contributed by atoms with van der Waals surface area (Å²) in [6.45, 7) is 7.74. The molecule has 7 heteroatoms. The van der Waals surface area contributed by atoms with Gasteiger partial charge in [-0.15, -0.1) is 0 Å². The van der Waals surface area contributed by atoms with Crippen molar-refractivity contribution in [1.29, 1.82) is 0 Å². The normalized spacial score (nSPS) is 23.8. The Labute approximate surface area is 177 Å². The first-order valence-electron chi connectivity index (χ1n) is 10.9. The standard InChI is InChI=1S/C23H28N6O/c1-2-28-12-7-19(8-13-28)29-15-20(18-4-3-9-25-14-18)21(16-29)23-26-22(27-30-23)17-5-10-24-11-6-17/h3-6,9-11,14,19-21H,2,7-8,12-13,15-16H2,1H3/t20-,21+/m0/s1. The van der Waals surface area contributed by atoms with Crippen molar-refractivity contribution in [2.24, 2.45) is 0 Å². The van der Waals surface area contributed by atoms with Crippen LogP contribution in [0.15, 0.2) is 53.6 Å². The van der Waals surface area contributed by atoms with E-state index < -0.39 is 0 Å². The van der Waals surface area contributed by atoms with Gasteiger partial charge in [0.25, 0.3) is 0 Å². The number of nitrogens with zero attached hydrogens (tertiary/aromatic N) is 6. The van der Waals surface area contributed by atoms with Gasteiger partial charge in [0.15, 0.2) is 0 Å². The molecule has 5 heterocycles. The van der Waals surface area contributed by atoms with Crippen molar-refractivity contribution in [2.75, 3.05) is 32.7 Å². The molecule has 3 aromatic rings. The Kier molecular flexibility index (Phi) is 5.55. The fraction of sp³-hybridized carbons (Fsp3) is 0.478. The van der Waals surface area contributed by atoms with Crippen LogP contribution in [0.25, 0.3) is 11.4 Å². The molecule has 3 aromatic heterocycles. The Hall–Kier alpha value is -2.64. The third kappa shape index (κ3) is 3.87. The molecule has 156 valence electrons. The van der Waals surface area contributed by atoms with Crippen molar-refractivity contribution in [1.82, 2.24) is 29.9 Å². The SMILES string of the molecule is CCN1CCC(N2C[C@@H](c3cccnc3)[C@H](c3nc(-c4ccncc4)no3)C2)CC1. The minimum Gasteiger partial charge on any atom is -0.339 e. The molecule has 0 bridgehead atoms. The second-order valence-electron chi connectivity index (χ2n) is 8.31. The number of hydrogen-bond acceptors (Lipinski definition) is 7. The summed E-state index contributed by atoms with van der Waals surface area (Å²) in [4.78, 5) is 18.4. The number of aromatic nitrogens is 4. The van der Waals surface area contributed by atoms with Crippen LogP contribution in [0.4, 0.5) is 0 Å².